The Bertz CT molecular complexity index is 626. The van der Waals surface area contributed by atoms with Crippen molar-refractivity contribution in [1.82, 2.24) is 10.2 Å². The van der Waals surface area contributed by atoms with Gasteiger partial charge in [0.1, 0.15) is 6.04 Å². The second kappa shape index (κ2) is 8.86. The normalized spacial score (nSPS) is 16.5. The third-order valence-electron chi connectivity index (χ3n) is 3.80. The third-order valence-corrected chi connectivity index (χ3v) is 4.12. The minimum Gasteiger partial charge on any atom is -0.346 e. The Morgan fingerprint density at radius 1 is 1.42 bits per heavy atom. The standard InChI is InChI=1S/C15H19ClN4O3.ClH/c1-19(14(22)9-18-13(21)8-17)12-6-7-20(15(12)23)11-5-3-2-4-10(11)16;/h2-5,12H,6-9,17H2,1H3,(H,18,21);1H. The molecule has 1 aromatic rings. The van der Waals surface area contributed by atoms with E-state index < -0.39 is 11.9 Å². The van der Waals surface area contributed by atoms with Crippen molar-refractivity contribution < 1.29 is 14.4 Å². The highest BCUT2D eigenvalue weighted by atomic mass is 35.5. The fourth-order valence-electron chi connectivity index (χ4n) is 2.48. The van der Waals surface area contributed by atoms with E-state index in [0.29, 0.717) is 23.7 Å². The van der Waals surface area contributed by atoms with Gasteiger partial charge in [0, 0.05) is 13.6 Å². The summed E-state index contributed by atoms with van der Waals surface area (Å²) in [6.45, 7) is 0.127. The minimum atomic E-state index is -0.562. The van der Waals surface area contributed by atoms with Gasteiger partial charge in [-0.1, -0.05) is 23.7 Å². The average Bonchev–Trinajstić information content (AvgIpc) is 2.93. The summed E-state index contributed by atoms with van der Waals surface area (Å²) in [7, 11) is 1.55. The van der Waals surface area contributed by atoms with E-state index in [-0.39, 0.29) is 37.3 Å². The fourth-order valence-corrected chi connectivity index (χ4v) is 2.72. The van der Waals surface area contributed by atoms with Crippen LogP contribution in [0.25, 0.3) is 0 Å². The van der Waals surface area contributed by atoms with Gasteiger partial charge in [0.25, 0.3) is 0 Å². The van der Waals surface area contributed by atoms with E-state index in [9.17, 15) is 14.4 Å². The zero-order chi connectivity index (χ0) is 17.0. The predicted molar refractivity (Wildman–Crippen MR) is 94.3 cm³/mol. The van der Waals surface area contributed by atoms with Crippen LogP contribution in [0.2, 0.25) is 5.02 Å². The summed E-state index contributed by atoms with van der Waals surface area (Å²) in [5.41, 5.74) is 5.80. The maximum absolute atomic E-state index is 12.6. The number of rotatable bonds is 5. The summed E-state index contributed by atoms with van der Waals surface area (Å²) < 4.78 is 0. The number of likely N-dealkylation sites (N-methyl/N-ethyl adjacent to an activating group) is 1. The van der Waals surface area contributed by atoms with Crippen molar-refractivity contribution in [2.75, 3.05) is 31.6 Å². The summed E-state index contributed by atoms with van der Waals surface area (Å²) in [6, 6.07) is 6.52. The highest BCUT2D eigenvalue weighted by molar-refractivity contribution is 6.34. The van der Waals surface area contributed by atoms with E-state index in [1.807, 2.05) is 0 Å². The maximum Gasteiger partial charge on any atom is 0.249 e. The van der Waals surface area contributed by atoms with Crippen LogP contribution in [0, 0.1) is 0 Å². The van der Waals surface area contributed by atoms with E-state index in [2.05, 4.69) is 5.32 Å². The lowest BCUT2D eigenvalue weighted by Crippen LogP contribution is -2.47. The van der Waals surface area contributed by atoms with E-state index >= 15 is 0 Å². The molecule has 0 bridgehead atoms. The largest absolute Gasteiger partial charge is 0.346 e. The lowest BCUT2D eigenvalue weighted by Gasteiger charge is -2.24. The number of carbonyl (C=O) groups excluding carboxylic acids is 3. The molecule has 24 heavy (non-hydrogen) atoms. The van der Waals surface area contributed by atoms with Crippen molar-refractivity contribution in [3.8, 4) is 0 Å². The van der Waals surface area contributed by atoms with Gasteiger partial charge in [-0.2, -0.15) is 0 Å². The number of hydrogen-bond acceptors (Lipinski definition) is 4. The van der Waals surface area contributed by atoms with Gasteiger partial charge < -0.3 is 20.9 Å². The molecule has 0 aliphatic carbocycles. The highest BCUT2D eigenvalue weighted by Gasteiger charge is 2.37. The van der Waals surface area contributed by atoms with Crippen LogP contribution in [0.4, 0.5) is 5.69 Å². The zero-order valence-electron chi connectivity index (χ0n) is 13.2. The molecular formula is C15H20Cl2N4O3. The molecule has 0 radical (unpaired) electrons. The summed E-state index contributed by atoms with van der Waals surface area (Å²) in [4.78, 5) is 38.7. The molecule has 0 aromatic heterocycles. The Morgan fingerprint density at radius 3 is 2.71 bits per heavy atom. The first kappa shape index (κ1) is 20.2. The molecule has 0 spiro atoms. The van der Waals surface area contributed by atoms with E-state index in [0.717, 1.165) is 0 Å². The van der Waals surface area contributed by atoms with Gasteiger partial charge in [0.05, 0.1) is 23.8 Å². The second-order valence-electron chi connectivity index (χ2n) is 5.23. The van der Waals surface area contributed by atoms with E-state index in [4.69, 9.17) is 17.3 Å². The molecule has 3 N–H and O–H groups in total. The van der Waals surface area contributed by atoms with Gasteiger partial charge in [0.2, 0.25) is 17.7 Å². The van der Waals surface area contributed by atoms with E-state index in [1.54, 1.807) is 36.2 Å². The van der Waals surface area contributed by atoms with Crippen LogP contribution in [-0.4, -0.2) is 55.3 Å². The Labute approximate surface area is 151 Å². The number of carbonyl (C=O) groups is 3. The first-order valence-corrected chi connectivity index (χ1v) is 7.61. The van der Waals surface area contributed by atoms with Crippen molar-refractivity contribution in [3.63, 3.8) is 0 Å². The summed E-state index contributed by atoms with van der Waals surface area (Å²) >= 11 is 6.13. The van der Waals surface area contributed by atoms with Crippen LogP contribution in [-0.2, 0) is 14.4 Å². The zero-order valence-corrected chi connectivity index (χ0v) is 14.8. The van der Waals surface area contributed by atoms with Crippen molar-refractivity contribution in [1.29, 1.82) is 0 Å². The molecule has 1 aliphatic rings. The molecule has 132 valence electrons. The van der Waals surface area contributed by atoms with Gasteiger partial charge in [-0.25, -0.2) is 0 Å². The molecular weight excluding hydrogens is 355 g/mol. The van der Waals surface area contributed by atoms with Gasteiger partial charge in [-0.3, -0.25) is 14.4 Å². The van der Waals surface area contributed by atoms with Gasteiger partial charge in [-0.05, 0) is 18.6 Å². The Kier molecular flexibility index (Phi) is 7.47. The van der Waals surface area contributed by atoms with Gasteiger partial charge in [-0.15, -0.1) is 12.4 Å². The maximum atomic E-state index is 12.6. The summed E-state index contributed by atoms with van der Waals surface area (Å²) in [5.74, 6) is -0.938. The first-order chi connectivity index (χ1) is 11.0. The molecule has 0 saturated carbocycles. The second-order valence-corrected chi connectivity index (χ2v) is 5.64. The summed E-state index contributed by atoms with van der Waals surface area (Å²) in [5, 5.41) is 2.89. The molecule has 1 atom stereocenters. The Balaban J connectivity index is 0.00000288. The molecule has 1 heterocycles. The number of halogens is 2. The monoisotopic (exact) mass is 374 g/mol. The molecule has 3 amide bonds. The number of anilines is 1. The van der Waals surface area contributed by atoms with Crippen LogP contribution < -0.4 is 16.0 Å². The SMILES string of the molecule is CN(C(=O)CNC(=O)CN)C1CCN(c2ccccc2Cl)C1=O.Cl. The number of benzene rings is 1. The van der Waals surface area contributed by atoms with Crippen molar-refractivity contribution in [3.05, 3.63) is 29.3 Å². The molecule has 1 aliphatic heterocycles. The molecule has 1 aromatic carbocycles. The molecule has 1 saturated heterocycles. The lowest BCUT2D eigenvalue weighted by molar-refractivity contribution is -0.137. The van der Waals surface area contributed by atoms with Crippen LogP contribution in [0.1, 0.15) is 6.42 Å². The number of nitrogens with two attached hydrogens (primary N) is 1. The first-order valence-electron chi connectivity index (χ1n) is 7.24. The Morgan fingerprint density at radius 2 is 2.08 bits per heavy atom. The average molecular weight is 375 g/mol. The summed E-state index contributed by atoms with van der Waals surface area (Å²) in [6.07, 6.45) is 0.511. The number of nitrogens with one attached hydrogen (secondary N) is 1. The predicted octanol–water partition coefficient (Wildman–Crippen LogP) is 0.400. The van der Waals surface area contributed by atoms with Crippen LogP contribution in [0.3, 0.4) is 0 Å². The third kappa shape index (κ3) is 4.37. The lowest BCUT2D eigenvalue weighted by atomic mass is 10.2. The van der Waals surface area contributed by atoms with Crippen molar-refractivity contribution >= 4 is 47.4 Å². The topological polar surface area (TPSA) is 95.7 Å². The molecule has 2 rings (SSSR count). The molecule has 9 heteroatoms. The van der Waals surface area contributed by atoms with Crippen LogP contribution >= 0.6 is 24.0 Å². The quantitative estimate of drug-likeness (QED) is 0.779. The minimum absolute atomic E-state index is 0. The molecule has 7 nitrogen and oxygen atoms in total. The van der Waals surface area contributed by atoms with Crippen LogP contribution in [0.5, 0.6) is 0 Å². The van der Waals surface area contributed by atoms with Gasteiger partial charge in [0.15, 0.2) is 0 Å². The number of nitrogens with zero attached hydrogens (tertiary/aromatic N) is 2. The molecule has 1 fully saturated rings. The smallest absolute Gasteiger partial charge is 0.249 e. The number of para-hydroxylation sites is 1. The molecule has 1 unspecified atom stereocenters. The Hall–Kier alpha value is -1.83. The van der Waals surface area contributed by atoms with Crippen LogP contribution in [0.15, 0.2) is 24.3 Å². The fraction of sp³-hybridized carbons (Fsp3) is 0.400. The van der Waals surface area contributed by atoms with Crippen molar-refractivity contribution in [2.24, 2.45) is 5.73 Å². The van der Waals surface area contributed by atoms with Gasteiger partial charge >= 0.3 is 0 Å². The number of amides is 3. The highest BCUT2D eigenvalue weighted by Crippen LogP contribution is 2.30. The van der Waals surface area contributed by atoms with E-state index in [1.165, 1.54) is 4.90 Å². The number of hydrogen-bond donors (Lipinski definition) is 2. The van der Waals surface area contributed by atoms with Crippen molar-refractivity contribution in [2.45, 2.75) is 12.5 Å².